The SMILES string of the molecule is CCC(N)C(C)c1nc(CC2CC2)no1. The minimum atomic E-state index is 0.110. The van der Waals surface area contributed by atoms with Crippen molar-refractivity contribution in [2.45, 2.75) is 51.5 Å². The van der Waals surface area contributed by atoms with E-state index in [0.29, 0.717) is 5.89 Å². The maximum absolute atomic E-state index is 5.94. The molecule has 0 amide bonds. The Bertz CT molecular complexity index is 319. The monoisotopic (exact) mass is 209 g/mol. The van der Waals surface area contributed by atoms with E-state index in [4.69, 9.17) is 10.3 Å². The van der Waals surface area contributed by atoms with Crippen LogP contribution < -0.4 is 5.73 Å². The normalized spacial score (nSPS) is 20.2. The highest BCUT2D eigenvalue weighted by Crippen LogP contribution is 2.32. The van der Waals surface area contributed by atoms with Crippen LogP contribution in [0.5, 0.6) is 0 Å². The van der Waals surface area contributed by atoms with E-state index < -0.39 is 0 Å². The molecule has 2 N–H and O–H groups in total. The van der Waals surface area contributed by atoms with Crippen LogP contribution >= 0.6 is 0 Å². The molecule has 1 saturated carbocycles. The fourth-order valence-electron chi connectivity index (χ4n) is 1.65. The average molecular weight is 209 g/mol. The first kappa shape index (κ1) is 10.6. The molecule has 0 aromatic carbocycles. The van der Waals surface area contributed by atoms with Crippen LogP contribution in [0, 0.1) is 5.92 Å². The summed E-state index contributed by atoms with van der Waals surface area (Å²) in [6.07, 6.45) is 4.53. The Kier molecular flexibility index (Phi) is 3.05. The molecule has 1 heterocycles. The fraction of sp³-hybridized carbons (Fsp3) is 0.818. The molecule has 0 spiro atoms. The molecule has 0 bridgehead atoms. The van der Waals surface area contributed by atoms with Crippen molar-refractivity contribution in [2.24, 2.45) is 11.7 Å². The van der Waals surface area contributed by atoms with Gasteiger partial charge in [0.25, 0.3) is 0 Å². The van der Waals surface area contributed by atoms with Gasteiger partial charge in [-0.3, -0.25) is 0 Å². The summed E-state index contributed by atoms with van der Waals surface area (Å²) in [6, 6.07) is 0.110. The first-order valence-electron chi connectivity index (χ1n) is 5.78. The maximum Gasteiger partial charge on any atom is 0.231 e. The van der Waals surface area contributed by atoms with Gasteiger partial charge in [-0.1, -0.05) is 19.0 Å². The van der Waals surface area contributed by atoms with E-state index in [9.17, 15) is 0 Å². The molecule has 2 unspecified atom stereocenters. The van der Waals surface area contributed by atoms with Crippen molar-refractivity contribution in [1.82, 2.24) is 10.1 Å². The second-order valence-electron chi connectivity index (χ2n) is 4.56. The molecular formula is C11H19N3O. The lowest BCUT2D eigenvalue weighted by Gasteiger charge is -2.13. The van der Waals surface area contributed by atoms with E-state index in [1.54, 1.807) is 0 Å². The largest absolute Gasteiger partial charge is 0.339 e. The first-order chi connectivity index (χ1) is 7.20. The Hall–Kier alpha value is -0.900. The molecule has 1 aromatic heterocycles. The Morgan fingerprint density at radius 1 is 1.53 bits per heavy atom. The maximum atomic E-state index is 5.94. The number of nitrogens with zero attached hydrogens (tertiary/aromatic N) is 2. The van der Waals surface area contributed by atoms with Crippen LogP contribution in [0.15, 0.2) is 4.52 Å². The summed E-state index contributed by atoms with van der Waals surface area (Å²) in [6.45, 7) is 4.12. The van der Waals surface area contributed by atoms with Gasteiger partial charge in [0.1, 0.15) is 0 Å². The lowest BCUT2D eigenvalue weighted by Crippen LogP contribution is -2.25. The molecule has 1 aliphatic carbocycles. The molecule has 84 valence electrons. The number of nitrogens with two attached hydrogens (primary N) is 1. The lowest BCUT2D eigenvalue weighted by molar-refractivity contribution is 0.336. The van der Waals surface area contributed by atoms with Crippen molar-refractivity contribution < 1.29 is 4.52 Å². The van der Waals surface area contributed by atoms with E-state index in [2.05, 4.69) is 17.1 Å². The van der Waals surface area contributed by atoms with Gasteiger partial charge in [-0.15, -0.1) is 0 Å². The zero-order chi connectivity index (χ0) is 10.8. The minimum absolute atomic E-state index is 0.110. The van der Waals surface area contributed by atoms with E-state index in [1.165, 1.54) is 12.8 Å². The minimum Gasteiger partial charge on any atom is -0.339 e. The molecular weight excluding hydrogens is 190 g/mol. The first-order valence-corrected chi connectivity index (χ1v) is 5.78. The quantitative estimate of drug-likeness (QED) is 0.804. The summed E-state index contributed by atoms with van der Waals surface area (Å²) in [5, 5.41) is 3.99. The predicted octanol–water partition coefficient (Wildman–Crippen LogP) is 1.86. The van der Waals surface area contributed by atoms with Gasteiger partial charge in [-0.2, -0.15) is 4.98 Å². The highest BCUT2D eigenvalue weighted by molar-refractivity contribution is 4.98. The Morgan fingerprint density at radius 2 is 2.27 bits per heavy atom. The van der Waals surface area contributed by atoms with Crippen molar-refractivity contribution in [2.75, 3.05) is 0 Å². The highest BCUT2D eigenvalue weighted by atomic mass is 16.5. The molecule has 15 heavy (non-hydrogen) atoms. The molecule has 0 radical (unpaired) electrons. The molecule has 0 saturated heterocycles. The van der Waals surface area contributed by atoms with Gasteiger partial charge >= 0.3 is 0 Å². The number of hydrogen-bond donors (Lipinski definition) is 1. The van der Waals surface area contributed by atoms with Crippen LogP contribution in [0.4, 0.5) is 0 Å². The van der Waals surface area contributed by atoms with Gasteiger partial charge in [0.2, 0.25) is 5.89 Å². The smallest absolute Gasteiger partial charge is 0.231 e. The molecule has 2 atom stereocenters. The van der Waals surface area contributed by atoms with Crippen LogP contribution in [-0.2, 0) is 6.42 Å². The second-order valence-corrected chi connectivity index (χ2v) is 4.56. The van der Waals surface area contributed by atoms with Gasteiger partial charge < -0.3 is 10.3 Å². The van der Waals surface area contributed by atoms with Crippen LogP contribution in [0.2, 0.25) is 0 Å². The molecule has 1 aliphatic rings. The van der Waals surface area contributed by atoms with E-state index in [1.807, 2.05) is 6.92 Å². The van der Waals surface area contributed by atoms with Crippen molar-refractivity contribution in [3.8, 4) is 0 Å². The van der Waals surface area contributed by atoms with Crippen LogP contribution in [0.25, 0.3) is 0 Å². The standard InChI is InChI=1S/C11H19N3O/c1-3-9(12)7(2)11-13-10(14-15-11)6-8-4-5-8/h7-9H,3-6,12H2,1-2H3. The van der Waals surface area contributed by atoms with E-state index in [-0.39, 0.29) is 12.0 Å². The second kappa shape index (κ2) is 4.31. The van der Waals surface area contributed by atoms with Crippen LogP contribution in [0.1, 0.15) is 50.7 Å². The Morgan fingerprint density at radius 3 is 2.87 bits per heavy atom. The van der Waals surface area contributed by atoms with Gasteiger partial charge in [0.05, 0.1) is 5.92 Å². The van der Waals surface area contributed by atoms with Gasteiger partial charge in [-0.05, 0) is 25.2 Å². The summed E-state index contributed by atoms with van der Waals surface area (Å²) >= 11 is 0. The Balaban J connectivity index is 1.98. The van der Waals surface area contributed by atoms with Crippen LogP contribution in [-0.4, -0.2) is 16.2 Å². The lowest BCUT2D eigenvalue weighted by atomic mass is 10.0. The third-order valence-corrected chi connectivity index (χ3v) is 3.16. The van der Waals surface area contributed by atoms with Gasteiger partial charge in [-0.25, -0.2) is 0 Å². The van der Waals surface area contributed by atoms with Crippen molar-refractivity contribution >= 4 is 0 Å². The van der Waals surface area contributed by atoms with E-state index in [0.717, 1.165) is 24.6 Å². The summed E-state index contributed by atoms with van der Waals surface area (Å²) in [4.78, 5) is 4.40. The molecule has 4 nitrogen and oxygen atoms in total. The molecule has 0 aliphatic heterocycles. The molecule has 1 fully saturated rings. The third-order valence-electron chi connectivity index (χ3n) is 3.16. The van der Waals surface area contributed by atoms with Crippen LogP contribution in [0.3, 0.4) is 0 Å². The van der Waals surface area contributed by atoms with Gasteiger partial charge in [0, 0.05) is 12.5 Å². The van der Waals surface area contributed by atoms with Crippen molar-refractivity contribution in [1.29, 1.82) is 0 Å². The fourth-order valence-corrected chi connectivity index (χ4v) is 1.65. The summed E-state index contributed by atoms with van der Waals surface area (Å²) < 4.78 is 5.24. The van der Waals surface area contributed by atoms with Crippen molar-refractivity contribution in [3.63, 3.8) is 0 Å². The zero-order valence-corrected chi connectivity index (χ0v) is 9.44. The Labute approximate surface area is 90.2 Å². The number of aromatic nitrogens is 2. The van der Waals surface area contributed by atoms with Gasteiger partial charge in [0.15, 0.2) is 5.82 Å². The highest BCUT2D eigenvalue weighted by Gasteiger charge is 2.25. The summed E-state index contributed by atoms with van der Waals surface area (Å²) in [7, 11) is 0. The van der Waals surface area contributed by atoms with Crippen molar-refractivity contribution in [3.05, 3.63) is 11.7 Å². The zero-order valence-electron chi connectivity index (χ0n) is 9.44. The number of rotatable bonds is 5. The molecule has 4 heteroatoms. The van der Waals surface area contributed by atoms with E-state index >= 15 is 0 Å². The summed E-state index contributed by atoms with van der Waals surface area (Å²) in [5.41, 5.74) is 5.94. The topological polar surface area (TPSA) is 64.9 Å². The number of hydrogen-bond acceptors (Lipinski definition) is 4. The molecule has 2 rings (SSSR count). The molecule has 1 aromatic rings. The third kappa shape index (κ3) is 2.56. The average Bonchev–Trinajstić information content (AvgIpc) is 2.93. The summed E-state index contributed by atoms with van der Waals surface area (Å²) in [5.74, 6) is 2.50. The predicted molar refractivity (Wildman–Crippen MR) is 57.4 cm³/mol.